The number of aromatic nitrogens is 2. The fourth-order valence-electron chi connectivity index (χ4n) is 1.54. The second-order valence-corrected chi connectivity index (χ2v) is 4.49. The van der Waals surface area contributed by atoms with E-state index in [9.17, 15) is 4.79 Å². The summed E-state index contributed by atoms with van der Waals surface area (Å²) in [6, 6.07) is 2.40. The molecule has 0 radical (unpaired) electrons. The Labute approximate surface area is 101 Å². The van der Waals surface area contributed by atoms with E-state index < -0.39 is 0 Å². The van der Waals surface area contributed by atoms with Crippen LogP contribution in [0.3, 0.4) is 0 Å². The van der Waals surface area contributed by atoms with Crippen LogP contribution >= 0.6 is 0 Å². The fourth-order valence-corrected chi connectivity index (χ4v) is 1.54. The van der Waals surface area contributed by atoms with Gasteiger partial charge in [0.1, 0.15) is 5.82 Å². The molecule has 17 heavy (non-hydrogen) atoms. The normalized spacial score (nSPS) is 14.4. The Morgan fingerprint density at radius 1 is 1.53 bits per heavy atom. The molecule has 0 saturated heterocycles. The lowest BCUT2D eigenvalue weighted by atomic mass is 10.3. The third-order valence-corrected chi connectivity index (χ3v) is 2.62. The van der Waals surface area contributed by atoms with Crippen LogP contribution < -0.4 is 10.6 Å². The molecule has 1 heterocycles. The molecule has 1 saturated carbocycles. The summed E-state index contributed by atoms with van der Waals surface area (Å²) in [5.74, 6) is 0.928. The van der Waals surface area contributed by atoms with E-state index in [2.05, 4.69) is 20.8 Å². The summed E-state index contributed by atoms with van der Waals surface area (Å²) >= 11 is 0. The van der Waals surface area contributed by atoms with Gasteiger partial charge in [-0.3, -0.25) is 4.79 Å². The highest BCUT2D eigenvalue weighted by molar-refractivity contribution is 5.76. The van der Waals surface area contributed by atoms with Crippen LogP contribution in [-0.2, 0) is 4.79 Å². The average Bonchev–Trinajstić information content (AvgIpc) is 3.08. The molecule has 5 nitrogen and oxygen atoms in total. The van der Waals surface area contributed by atoms with E-state index in [0.29, 0.717) is 12.5 Å². The molecule has 1 fully saturated rings. The van der Waals surface area contributed by atoms with Gasteiger partial charge in [-0.05, 0) is 37.8 Å². The minimum atomic E-state index is 0.157. The van der Waals surface area contributed by atoms with Crippen molar-refractivity contribution in [1.82, 2.24) is 15.5 Å². The maximum Gasteiger partial charge on any atom is 0.220 e. The monoisotopic (exact) mass is 234 g/mol. The van der Waals surface area contributed by atoms with Gasteiger partial charge in [-0.1, -0.05) is 0 Å². The molecular formula is C12H18N4O. The van der Waals surface area contributed by atoms with Gasteiger partial charge in [-0.2, -0.15) is 5.10 Å². The molecule has 1 aromatic heterocycles. The van der Waals surface area contributed by atoms with E-state index in [1.54, 1.807) is 6.20 Å². The third-order valence-electron chi connectivity index (χ3n) is 2.62. The molecule has 0 unspecified atom stereocenters. The second kappa shape index (κ2) is 5.61. The predicted molar refractivity (Wildman–Crippen MR) is 65.7 cm³/mol. The van der Waals surface area contributed by atoms with E-state index >= 15 is 0 Å². The standard InChI is InChI=1S/C12H18N4O/c1-9-7-11(16-14-8-9)13-6-2-3-12(17)15-10-4-5-10/h7-8,10H,2-6H2,1H3,(H,13,16)(H,15,17). The maximum atomic E-state index is 11.4. The Kier molecular flexibility index (Phi) is 3.90. The topological polar surface area (TPSA) is 66.9 Å². The molecule has 92 valence electrons. The van der Waals surface area contributed by atoms with E-state index in [0.717, 1.165) is 37.2 Å². The zero-order valence-corrected chi connectivity index (χ0v) is 10.1. The lowest BCUT2D eigenvalue weighted by Crippen LogP contribution is -2.25. The summed E-state index contributed by atoms with van der Waals surface area (Å²) in [4.78, 5) is 11.4. The molecule has 2 N–H and O–H groups in total. The molecule has 1 aliphatic carbocycles. The highest BCUT2D eigenvalue weighted by Gasteiger charge is 2.22. The van der Waals surface area contributed by atoms with Crippen LogP contribution in [0.15, 0.2) is 12.3 Å². The first-order valence-corrected chi connectivity index (χ1v) is 6.06. The van der Waals surface area contributed by atoms with Crippen LogP contribution in [0.25, 0.3) is 0 Å². The first-order chi connectivity index (χ1) is 8.24. The SMILES string of the molecule is Cc1cnnc(NCCCC(=O)NC2CC2)c1. The molecule has 2 rings (SSSR count). The summed E-state index contributed by atoms with van der Waals surface area (Å²) in [5.41, 5.74) is 1.08. The van der Waals surface area contributed by atoms with Crippen LogP contribution in [0.2, 0.25) is 0 Å². The summed E-state index contributed by atoms with van der Waals surface area (Å²) in [6.07, 6.45) is 5.39. The van der Waals surface area contributed by atoms with E-state index in [4.69, 9.17) is 0 Å². The molecule has 0 spiro atoms. The van der Waals surface area contributed by atoms with Crippen LogP contribution in [0.4, 0.5) is 5.82 Å². The molecule has 0 aliphatic heterocycles. The van der Waals surface area contributed by atoms with Crippen molar-refractivity contribution in [2.24, 2.45) is 0 Å². The Bertz CT molecular complexity index is 390. The third kappa shape index (κ3) is 4.38. The highest BCUT2D eigenvalue weighted by atomic mass is 16.1. The van der Waals surface area contributed by atoms with Gasteiger partial charge < -0.3 is 10.6 Å². The van der Waals surface area contributed by atoms with Crippen molar-refractivity contribution >= 4 is 11.7 Å². The fraction of sp³-hybridized carbons (Fsp3) is 0.583. The van der Waals surface area contributed by atoms with Crippen LogP contribution in [0.5, 0.6) is 0 Å². The van der Waals surface area contributed by atoms with Gasteiger partial charge in [-0.15, -0.1) is 5.10 Å². The maximum absolute atomic E-state index is 11.4. The van der Waals surface area contributed by atoms with Crippen LogP contribution in [0, 0.1) is 6.92 Å². The highest BCUT2D eigenvalue weighted by Crippen LogP contribution is 2.18. The smallest absolute Gasteiger partial charge is 0.220 e. The Hall–Kier alpha value is -1.65. The molecule has 0 bridgehead atoms. The molecule has 1 amide bonds. The molecule has 0 atom stereocenters. The quantitative estimate of drug-likeness (QED) is 0.727. The van der Waals surface area contributed by atoms with Gasteiger partial charge in [0.25, 0.3) is 0 Å². The number of carbonyl (C=O) groups excluding carboxylic acids is 1. The Morgan fingerprint density at radius 3 is 3.06 bits per heavy atom. The summed E-state index contributed by atoms with van der Waals surface area (Å²) in [5, 5.41) is 13.9. The lowest BCUT2D eigenvalue weighted by molar-refractivity contribution is -0.121. The summed E-state index contributed by atoms with van der Waals surface area (Å²) < 4.78 is 0. The zero-order chi connectivity index (χ0) is 12.1. The van der Waals surface area contributed by atoms with E-state index in [1.807, 2.05) is 13.0 Å². The number of nitrogens with one attached hydrogen (secondary N) is 2. The number of carbonyl (C=O) groups is 1. The average molecular weight is 234 g/mol. The van der Waals surface area contributed by atoms with Crippen LogP contribution in [-0.4, -0.2) is 28.7 Å². The van der Waals surface area contributed by atoms with Crippen molar-refractivity contribution in [3.8, 4) is 0 Å². The zero-order valence-electron chi connectivity index (χ0n) is 10.1. The molecular weight excluding hydrogens is 216 g/mol. The first-order valence-electron chi connectivity index (χ1n) is 6.06. The number of hydrogen-bond donors (Lipinski definition) is 2. The van der Waals surface area contributed by atoms with Crippen molar-refractivity contribution in [1.29, 1.82) is 0 Å². The molecule has 1 aromatic rings. The van der Waals surface area contributed by atoms with Gasteiger partial charge in [0.15, 0.2) is 0 Å². The van der Waals surface area contributed by atoms with Gasteiger partial charge >= 0.3 is 0 Å². The van der Waals surface area contributed by atoms with Gasteiger partial charge in [0, 0.05) is 19.0 Å². The van der Waals surface area contributed by atoms with Gasteiger partial charge in [0.05, 0.1) is 6.20 Å². The lowest BCUT2D eigenvalue weighted by Gasteiger charge is -2.05. The summed E-state index contributed by atoms with van der Waals surface area (Å²) in [7, 11) is 0. The van der Waals surface area contributed by atoms with Gasteiger partial charge in [-0.25, -0.2) is 0 Å². The van der Waals surface area contributed by atoms with Crippen LogP contribution in [0.1, 0.15) is 31.2 Å². The van der Waals surface area contributed by atoms with Crippen molar-refractivity contribution in [2.75, 3.05) is 11.9 Å². The minimum Gasteiger partial charge on any atom is -0.369 e. The van der Waals surface area contributed by atoms with E-state index in [-0.39, 0.29) is 5.91 Å². The van der Waals surface area contributed by atoms with Crippen molar-refractivity contribution < 1.29 is 4.79 Å². The number of hydrogen-bond acceptors (Lipinski definition) is 4. The molecule has 5 heteroatoms. The van der Waals surface area contributed by atoms with Crippen molar-refractivity contribution in [2.45, 2.75) is 38.6 Å². The van der Waals surface area contributed by atoms with E-state index in [1.165, 1.54) is 0 Å². The van der Waals surface area contributed by atoms with Gasteiger partial charge in [0.2, 0.25) is 5.91 Å². The number of anilines is 1. The minimum absolute atomic E-state index is 0.157. The first kappa shape index (κ1) is 11.8. The number of nitrogens with zero attached hydrogens (tertiary/aromatic N) is 2. The number of amides is 1. The van der Waals surface area contributed by atoms with Crippen molar-refractivity contribution in [3.63, 3.8) is 0 Å². The Balaban J connectivity index is 1.60. The second-order valence-electron chi connectivity index (χ2n) is 4.49. The largest absolute Gasteiger partial charge is 0.369 e. The number of aryl methyl sites for hydroxylation is 1. The number of rotatable bonds is 6. The summed E-state index contributed by atoms with van der Waals surface area (Å²) in [6.45, 7) is 2.72. The van der Waals surface area contributed by atoms with Crippen molar-refractivity contribution in [3.05, 3.63) is 17.8 Å². The predicted octanol–water partition coefficient (Wildman–Crippen LogP) is 1.26. The molecule has 0 aromatic carbocycles. The molecule has 1 aliphatic rings. The Morgan fingerprint density at radius 2 is 2.35 bits per heavy atom.